The quantitative estimate of drug-likeness (QED) is 0.0175. The number of hydrogen-bond acceptors (Lipinski definition) is 24. The summed E-state index contributed by atoms with van der Waals surface area (Å²) in [7, 11) is 2.15. The topological polar surface area (TPSA) is 431 Å². The fourth-order valence-electron chi connectivity index (χ4n) is 12.9. The molecule has 0 spiro atoms. The average molecular weight is 1700 g/mol. The third-order valence-corrected chi connectivity index (χ3v) is 19.1. The number of hydrogen-bond donors (Lipinski definition) is 8. The van der Waals surface area contributed by atoms with E-state index in [0.29, 0.717) is 95.9 Å². The first-order valence-electron chi connectivity index (χ1n) is 38.8. The predicted octanol–water partition coefficient (Wildman–Crippen LogP) is 14.1. The number of alkyl halides is 5. The SMILES string of the molecule is CC(C)OC1CC(n2cc(NC(=O)c3ccc(-c4cn[nH]c4)o3)c(-c3ccccn3)n2)C1.CN1CCN(CCn2cc(NC(=O)c3ccc(-c4cn[nH]c4)o3)c(-c3ccccn3)n2)CC1.O=C(Nc1cn(C(F)F)nc1-c1ccccn1)c1ccc(-c2cn[nH]c2)o1.O=C(Nc1cn(CCOCC(F)(F)F)nc1-c1ccccn1)c1ccc(-c2ccn[nH]2)o1. The Morgan fingerprint density at radius 3 is 1.31 bits per heavy atom. The molecule has 124 heavy (non-hydrogen) atoms. The van der Waals surface area contributed by atoms with Crippen LogP contribution in [0.3, 0.4) is 0 Å². The summed E-state index contributed by atoms with van der Waals surface area (Å²) in [4.78, 5) is 73.0. The molecule has 16 aromatic heterocycles. The van der Waals surface area contributed by atoms with Gasteiger partial charge in [0, 0.05) is 101 Å². The first kappa shape index (κ1) is 83.8. The largest absolute Gasteiger partial charge is 0.451 e. The lowest BCUT2D eigenvalue weighted by molar-refractivity contribution is -0.174. The number of likely N-dealkylation sites (N-methyl/N-ethyl adjacent to an activating group) is 1. The maximum absolute atomic E-state index is 13.0. The van der Waals surface area contributed by atoms with E-state index in [1.165, 1.54) is 29.2 Å². The first-order valence-corrected chi connectivity index (χ1v) is 38.8. The van der Waals surface area contributed by atoms with Crippen LogP contribution in [0.1, 0.15) is 81.5 Å². The van der Waals surface area contributed by atoms with Crippen LogP contribution in [0, 0.1) is 0 Å². The number of pyridine rings is 4. The summed E-state index contributed by atoms with van der Waals surface area (Å²) in [6, 6.07) is 36.4. The number of H-pyrrole nitrogens is 4. The second-order valence-corrected chi connectivity index (χ2v) is 28.3. The van der Waals surface area contributed by atoms with E-state index < -0.39 is 31.1 Å². The number of halogens is 5. The number of rotatable bonds is 27. The Bertz CT molecular complexity index is 6090. The molecule has 4 amide bonds. The fraction of sp³-hybridized carbons (Fsp3) is 0.229. The van der Waals surface area contributed by atoms with Crippen molar-refractivity contribution in [3.63, 3.8) is 0 Å². The Morgan fingerprint density at radius 1 is 0.484 bits per heavy atom. The monoisotopic (exact) mass is 1690 g/mol. The zero-order valence-corrected chi connectivity index (χ0v) is 66.4. The van der Waals surface area contributed by atoms with Crippen LogP contribution in [-0.2, 0) is 22.6 Å². The number of anilines is 4. The number of amides is 4. The van der Waals surface area contributed by atoms with Gasteiger partial charge in [0.1, 0.15) is 52.4 Å². The van der Waals surface area contributed by atoms with Crippen molar-refractivity contribution < 1.29 is 68.3 Å². The van der Waals surface area contributed by atoms with Crippen LogP contribution < -0.4 is 21.3 Å². The zero-order valence-electron chi connectivity index (χ0n) is 66.4. The van der Waals surface area contributed by atoms with Crippen molar-refractivity contribution in [2.24, 2.45) is 0 Å². The number of nitrogens with one attached hydrogen (secondary N) is 8. The lowest BCUT2D eigenvalue weighted by Gasteiger charge is -2.36. The summed E-state index contributed by atoms with van der Waals surface area (Å²) < 4.78 is 101. The van der Waals surface area contributed by atoms with E-state index >= 15 is 0 Å². The predicted molar refractivity (Wildman–Crippen MR) is 439 cm³/mol. The van der Waals surface area contributed by atoms with Crippen molar-refractivity contribution in [1.82, 2.24) is 110 Å². The lowest BCUT2D eigenvalue weighted by atomic mass is 9.89. The van der Waals surface area contributed by atoms with Crippen molar-refractivity contribution in [2.75, 3.05) is 74.3 Å². The minimum absolute atomic E-state index is 0.0166. The number of nitrogens with zero attached hydrogens (tertiary/aromatic N) is 18. The van der Waals surface area contributed by atoms with E-state index in [1.54, 1.807) is 141 Å². The summed E-state index contributed by atoms with van der Waals surface area (Å²) in [6.07, 6.45) is 22.0. The molecule has 0 atom stereocenters. The molecule has 636 valence electrons. The van der Waals surface area contributed by atoms with Gasteiger partial charge in [-0.15, -0.1) is 0 Å². The van der Waals surface area contributed by atoms with Gasteiger partial charge in [0.25, 0.3) is 23.6 Å². The van der Waals surface area contributed by atoms with E-state index in [2.05, 4.69) is 114 Å². The molecule has 1 saturated carbocycles. The first-order chi connectivity index (χ1) is 60.2. The zero-order chi connectivity index (χ0) is 86.1. The second-order valence-electron chi connectivity index (χ2n) is 28.3. The molecule has 18 rings (SSSR count). The van der Waals surface area contributed by atoms with Crippen LogP contribution in [-0.4, -0.2) is 205 Å². The summed E-state index contributed by atoms with van der Waals surface area (Å²) >= 11 is 0. The van der Waals surface area contributed by atoms with Crippen LogP contribution in [0.5, 0.6) is 0 Å². The van der Waals surface area contributed by atoms with Gasteiger partial charge in [-0.25, -0.2) is 4.68 Å². The van der Waals surface area contributed by atoms with Gasteiger partial charge >= 0.3 is 12.7 Å². The molecule has 17 heterocycles. The number of carbonyl (C=O) groups is 4. The van der Waals surface area contributed by atoms with E-state index in [1.807, 2.05) is 72.0 Å². The molecule has 0 unspecified atom stereocenters. The van der Waals surface area contributed by atoms with Crippen LogP contribution in [0.2, 0.25) is 0 Å². The normalized spacial score (nSPS) is 14.0. The molecule has 8 N–H and O–H groups in total. The van der Waals surface area contributed by atoms with Gasteiger partial charge in [0.15, 0.2) is 28.8 Å². The van der Waals surface area contributed by atoms with E-state index in [-0.39, 0.29) is 77.6 Å². The smallest absolute Gasteiger partial charge is 0.411 e. The molecule has 36 nitrogen and oxygen atoms in total. The number of piperazine rings is 1. The third-order valence-electron chi connectivity index (χ3n) is 19.1. The molecule has 2 aliphatic rings. The molecule has 16 aromatic rings. The minimum atomic E-state index is -4.40. The fourth-order valence-corrected chi connectivity index (χ4v) is 12.9. The van der Waals surface area contributed by atoms with Gasteiger partial charge in [-0.2, -0.15) is 62.7 Å². The Hall–Kier alpha value is -15.2. The molecule has 0 radical (unpaired) electrons. The maximum atomic E-state index is 13.0. The highest BCUT2D eigenvalue weighted by Crippen LogP contribution is 2.39. The summed E-state index contributed by atoms with van der Waals surface area (Å²) in [5.41, 5.74) is 8.40. The maximum Gasteiger partial charge on any atom is 0.411 e. The number of aromatic amines is 4. The molecule has 0 bridgehead atoms. The Labute approximate surface area is 700 Å². The molecule has 1 saturated heterocycles. The van der Waals surface area contributed by atoms with E-state index in [4.69, 9.17) is 32.6 Å². The molecule has 0 aromatic carbocycles. The highest BCUT2D eigenvalue weighted by Gasteiger charge is 2.35. The van der Waals surface area contributed by atoms with Gasteiger partial charge in [-0.3, -0.25) is 78.5 Å². The van der Waals surface area contributed by atoms with Crippen LogP contribution in [0.25, 0.3) is 91.0 Å². The van der Waals surface area contributed by atoms with Crippen molar-refractivity contribution in [1.29, 1.82) is 0 Å². The Kier molecular flexibility index (Phi) is 26.3. The van der Waals surface area contributed by atoms with Crippen molar-refractivity contribution in [2.45, 2.75) is 70.8 Å². The molecule has 1 aliphatic heterocycles. The summed E-state index contributed by atoms with van der Waals surface area (Å²) in [6.45, 7) is 5.60. The van der Waals surface area contributed by atoms with Crippen molar-refractivity contribution in [3.05, 3.63) is 243 Å². The Morgan fingerprint density at radius 2 is 0.903 bits per heavy atom. The molecular formula is C83H79F5N26O10. The average Bonchev–Trinajstić information content (AvgIpc) is 1.67. The minimum Gasteiger partial charge on any atom is -0.451 e. The van der Waals surface area contributed by atoms with Gasteiger partial charge in [-0.1, -0.05) is 24.3 Å². The highest BCUT2D eigenvalue weighted by atomic mass is 19.4. The van der Waals surface area contributed by atoms with E-state index in [9.17, 15) is 41.1 Å². The van der Waals surface area contributed by atoms with E-state index in [0.717, 1.165) is 69.4 Å². The van der Waals surface area contributed by atoms with Gasteiger partial charge in [0.05, 0.1) is 125 Å². The number of furan rings is 4. The van der Waals surface area contributed by atoms with Crippen LogP contribution in [0.4, 0.5) is 44.7 Å². The number of aromatic nitrogens is 20. The number of carbonyl (C=O) groups excluding carboxylic acids is 4. The third kappa shape index (κ3) is 21.5. The lowest BCUT2D eigenvalue weighted by Crippen LogP contribution is -2.45. The second kappa shape index (κ2) is 38.9. The molecule has 1 aliphatic carbocycles. The van der Waals surface area contributed by atoms with Crippen LogP contribution in [0.15, 0.2) is 238 Å². The summed E-state index contributed by atoms with van der Waals surface area (Å²) in [5, 5.41) is 55.1. The van der Waals surface area contributed by atoms with Gasteiger partial charge in [0.2, 0.25) is 0 Å². The molecule has 2 fully saturated rings. The number of ether oxygens (including phenoxy) is 2. The van der Waals surface area contributed by atoms with Crippen molar-refractivity contribution in [3.8, 4) is 91.0 Å². The molecule has 41 heteroatoms. The van der Waals surface area contributed by atoms with Crippen LogP contribution >= 0.6 is 0 Å². The summed E-state index contributed by atoms with van der Waals surface area (Å²) in [5.74, 6) is 0.682. The molecular weight excluding hydrogens is 1620 g/mol. The van der Waals surface area contributed by atoms with Gasteiger partial charge in [-0.05, 0) is 137 Å². The van der Waals surface area contributed by atoms with Crippen molar-refractivity contribution >= 4 is 46.4 Å². The Balaban J connectivity index is 0.000000128. The van der Waals surface area contributed by atoms with Gasteiger partial charge < -0.3 is 53.3 Å². The highest BCUT2D eigenvalue weighted by molar-refractivity contribution is 6.07. The standard InChI is InChI=1S/C23H26N8O2.C23H24N6O3.C20H17F3N6O3.C17H12F2N6O2/c1-29-8-10-30(11-9-29)12-13-31-16-19(22(28-31)18-4-2-3-7-24-18)27-23(32)21-6-5-20(33-21)17-14-25-26-15-17;1-14(2)31-17-9-16(10-17)29-13-19(22(28-29)18-5-3-4-8-24-18)27-23(30)21-7-6-20(32-21)15-11-25-26-12-15;21-20(22,23)12-31-10-9-29-11-15(18(28-29)14-3-1-2-7-24-14)26-19(30)17-5-4-16(32-17)13-6-8-25-27-13;18-17(19)25-9-12(15(24-25)11-3-1-2-6-20-11)23-16(26)14-5-4-13(27-14)10-7-21-22-8-10/h2-7,14-16H,8-13H2,1H3,(H,25,26)(H,27,32);3-8,11-14,16-17H,9-10H2,1-2H3,(H,25,26)(H,27,30);1-8,11H,9-10,12H2,(H,25,27)(H,26,30);1-9,17H,(H,21,22)(H,23,26).